The van der Waals surface area contributed by atoms with Gasteiger partial charge in [-0.05, 0) is 49.2 Å². The molecule has 162 valence electrons. The van der Waals surface area contributed by atoms with Crippen LogP contribution in [-0.2, 0) is 10.5 Å². The zero-order valence-electron chi connectivity index (χ0n) is 16.9. The maximum Gasteiger partial charge on any atom is 0.270 e. The smallest absolute Gasteiger partial charge is 0.270 e. The van der Waals surface area contributed by atoms with Crippen molar-refractivity contribution in [3.63, 3.8) is 0 Å². The van der Waals surface area contributed by atoms with Crippen molar-refractivity contribution in [2.75, 3.05) is 6.61 Å². The number of carbonyl (C=O) groups excluding carboxylic acids is 2. The summed E-state index contributed by atoms with van der Waals surface area (Å²) in [5, 5.41) is 2.64. The van der Waals surface area contributed by atoms with Gasteiger partial charge in [0.1, 0.15) is 5.75 Å². The largest absolute Gasteiger partial charge is 0.493 e. The highest BCUT2D eigenvalue weighted by Gasteiger charge is 2.13. The lowest BCUT2D eigenvalue weighted by atomic mass is 10.2. The summed E-state index contributed by atoms with van der Waals surface area (Å²) in [6.45, 7) is 2.30. The minimum atomic E-state index is -0.359. The van der Waals surface area contributed by atoms with E-state index < -0.39 is 0 Å². The van der Waals surface area contributed by atoms with Crippen molar-refractivity contribution >= 4 is 46.5 Å². The molecule has 1 aromatic heterocycles. The van der Waals surface area contributed by atoms with Crippen LogP contribution in [0.5, 0.6) is 5.75 Å². The van der Waals surface area contributed by atoms with Gasteiger partial charge in [-0.3, -0.25) is 20.4 Å². The van der Waals surface area contributed by atoms with Gasteiger partial charge in [-0.1, -0.05) is 23.7 Å². The van der Waals surface area contributed by atoms with Crippen LogP contribution in [0.1, 0.15) is 34.5 Å². The van der Waals surface area contributed by atoms with Gasteiger partial charge < -0.3 is 4.74 Å². The Balaban J connectivity index is 1.41. The Labute approximate surface area is 194 Å². The Kier molecular flexibility index (Phi) is 8.75. The molecule has 0 saturated heterocycles. The van der Waals surface area contributed by atoms with E-state index in [1.54, 1.807) is 23.7 Å². The second-order valence-corrected chi connectivity index (χ2v) is 8.80. The molecule has 2 N–H and O–H groups in total. The Bertz CT molecular complexity index is 1030. The molecule has 0 unspecified atom stereocenters. The Morgan fingerprint density at radius 3 is 2.81 bits per heavy atom. The van der Waals surface area contributed by atoms with Crippen LogP contribution in [0.4, 0.5) is 0 Å². The number of nitrogens with one attached hydrogen (secondary N) is 2. The van der Waals surface area contributed by atoms with Gasteiger partial charge in [0.25, 0.3) is 5.91 Å². The molecule has 0 bridgehead atoms. The number of thiazole rings is 1. The first kappa shape index (κ1) is 23.1. The third-order valence-electron chi connectivity index (χ3n) is 4.25. The molecule has 3 aromatic rings. The van der Waals surface area contributed by atoms with Gasteiger partial charge in [-0.25, -0.2) is 4.98 Å². The highest BCUT2D eigenvalue weighted by atomic mass is 35.5. The van der Waals surface area contributed by atoms with Gasteiger partial charge in [-0.15, -0.1) is 23.1 Å². The van der Waals surface area contributed by atoms with Gasteiger partial charge in [0.2, 0.25) is 5.91 Å². The van der Waals surface area contributed by atoms with Crippen LogP contribution in [0.15, 0.2) is 58.3 Å². The monoisotopic (exact) mass is 475 g/mol. The fourth-order valence-electron chi connectivity index (χ4n) is 2.69. The molecule has 0 atom stereocenters. The molecular formula is C22H22ClN3O3S2. The second-order valence-electron chi connectivity index (χ2n) is 6.63. The molecule has 0 fully saturated rings. The second kappa shape index (κ2) is 11.7. The molecule has 0 aliphatic rings. The molecule has 0 radical (unpaired) electrons. The number of aryl methyl sites for hydroxylation is 1. The standard InChI is InChI=1S/C22H22ClN3O3S2/c1-15-11-16(23)8-9-19(15)29-10-4-7-21(27)25-26-22(28)18-5-2-3-6-20(18)31-13-17-12-30-14-24-17/h2-3,5-6,8-9,11-12,14H,4,7,10,13H2,1H3,(H,25,27)(H,26,28). The maximum atomic E-state index is 12.5. The van der Waals surface area contributed by atoms with Crippen LogP contribution in [0.3, 0.4) is 0 Å². The van der Waals surface area contributed by atoms with Gasteiger partial charge in [0.15, 0.2) is 0 Å². The first-order valence-electron chi connectivity index (χ1n) is 9.60. The van der Waals surface area contributed by atoms with Crippen LogP contribution in [-0.4, -0.2) is 23.4 Å². The number of ether oxygens (including phenoxy) is 1. The topological polar surface area (TPSA) is 80.3 Å². The summed E-state index contributed by atoms with van der Waals surface area (Å²) in [5.74, 6) is 0.776. The number of thioether (sulfide) groups is 1. The number of benzene rings is 2. The van der Waals surface area contributed by atoms with E-state index in [4.69, 9.17) is 16.3 Å². The van der Waals surface area contributed by atoms with Crippen molar-refractivity contribution in [1.29, 1.82) is 0 Å². The highest BCUT2D eigenvalue weighted by Crippen LogP contribution is 2.26. The molecule has 6 nitrogen and oxygen atoms in total. The average Bonchev–Trinajstić information content (AvgIpc) is 3.29. The van der Waals surface area contributed by atoms with Crippen molar-refractivity contribution in [3.05, 3.63) is 75.2 Å². The molecule has 9 heteroatoms. The SMILES string of the molecule is Cc1cc(Cl)ccc1OCCCC(=O)NNC(=O)c1ccccc1SCc1cscn1. The number of halogens is 1. The van der Waals surface area contributed by atoms with E-state index in [9.17, 15) is 9.59 Å². The van der Waals surface area contributed by atoms with Gasteiger partial charge in [-0.2, -0.15) is 0 Å². The minimum absolute atomic E-state index is 0.229. The number of nitrogens with zero attached hydrogens (tertiary/aromatic N) is 1. The molecular weight excluding hydrogens is 454 g/mol. The van der Waals surface area contributed by atoms with Crippen LogP contribution >= 0.6 is 34.7 Å². The third kappa shape index (κ3) is 7.27. The summed E-state index contributed by atoms with van der Waals surface area (Å²) in [6.07, 6.45) is 0.747. The summed E-state index contributed by atoms with van der Waals surface area (Å²) in [7, 11) is 0. The minimum Gasteiger partial charge on any atom is -0.493 e. The maximum absolute atomic E-state index is 12.5. The van der Waals surface area contributed by atoms with Crippen molar-refractivity contribution in [1.82, 2.24) is 15.8 Å². The zero-order chi connectivity index (χ0) is 22.1. The number of aromatic nitrogens is 1. The molecule has 31 heavy (non-hydrogen) atoms. The predicted octanol–water partition coefficient (Wildman–Crippen LogP) is 5.02. The van der Waals surface area contributed by atoms with Gasteiger partial charge in [0.05, 0.1) is 23.4 Å². The number of hydrogen-bond acceptors (Lipinski definition) is 6. The lowest BCUT2D eigenvalue weighted by Gasteiger charge is -2.11. The lowest BCUT2D eigenvalue weighted by molar-refractivity contribution is -0.122. The van der Waals surface area contributed by atoms with E-state index in [1.165, 1.54) is 23.1 Å². The Morgan fingerprint density at radius 1 is 1.19 bits per heavy atom. The van der Waals surface area contributed by atoms with E-state index >= 15 is 0 Å². The van der Waals surface area contributed by atoms with E-state index in [0.29, 0.717) is 29.4 Å². The fourth-order valence-corrected chi connectivity index (χ4v) is 4.53. The molecule has 1 heterocycles. The van der Waals surface area contributed by atoms with Crippen molar-refractivity contribution < 1.29 is 14.3 Å². The average molecular weight is 476 g/mol. The zero-order valence-corrected chi connectivity index (χ0v) is 19.3. The highest BCUT2D eigenvalue weighted by molar-refractivity contribution is 7.98. The third-order valence-corrected chi connectivity index (χ3v) is 6.23. The summed E-state index contributed by atoms with van der Waals surface area (Å²) < 4.78 is 5.68. The van der Waals surface area contributed by atoms with Gasteiger partial charge in [0, 0.05) is 27.5 Å². The number of hydrogen-bond donors (Lipinski definition) is 2. The molecule has 3 rings (SSSR count). The van der Waals surface area contributed by atoms with E-state index in [-0.39, 0.29) is 18.2 Å². The molecule has 2 aromatic carbocycles. The van der Waals surface area contributed by atoms with Crippen molar-refractivity contribution in [2.24, 2.45) is 0 Å². The Hall–Kier alpha value is -2.55. The van der Waals surface area contributed by atoms with Crippen molar-refractivity contribution in [3.8, 4) is 5.75 Å². The van der Waals surface area contributed by atoms with E-state index in [2.05, 4.69) is 15.8 Å². The summed E-state index contributed by atoms with van der Waals surface area (Å²) in [6, 6.07) is 12.7. The van der Waals surface area contributed by atoms with E-state index in [1.807, 2.05) is 36.6 Å². The summed E-state index contributed by atoms with van der Waals surface area (Å²) in [4.78, 5) is 29.7. The van der Waals surface area contributed by atoms with Gasteiger partial charge >= 0.3 is 0 Å². The molecule has 0 aliphatic heterocycles. The van der Waals surface area contributed by atoms with Crippen LogP contribution in [0.2, 0.25) is 5.02 Å². The fraction of sp³-hybridized carbons (Fsp3) is 0.227. The van der Waals surface area contributed by atoms with Crippen LogP contribution in [0, 0.1) is 6.92 Å². The quantitative estimate of drug-likeness (QED) is 0.258. The lowest BCUT2D eigenvalue weighted by Crippen LogP contribution is -2.41. The molecule has 2 amide bonds. The number of hydrazine groups is 1. The molecule has 0 spiro atoms. The normalized spacial score (nSPS) is 10.5. The predicted molar refractivity (Wildman–Crippen MR) is 125 cm³/mol. The Morgan fingerprint density at radius 2 is 2.03 bits per heavy atom. The van der Waals surface area contributed by atoms with Crippen LogP contribution < -0.4 is 15.6 Å². The molecule has 0 saturated carbocycles. The summed E-state index contributed by atoms with van der Waals surface area (Å²) in [5.41, 5.74) is 9.14. The first-order chi connectivity index (χ1) is 15.0. The molecule has 0 aliphatic carbocycles. The number of amides is 2. The van der Waals surface area contributed by atoms with Crippen LogP contribution in [0.25, 0.3) is 0 Å². The summed E-state index contributed by atoms with van der Waals surface area (Å²) >= 11 is 9.00. The van der Waals surface area contributed by atoms with E-state index in [0.717, 1.165) is 21.9 Å². The van der Waals surface area contributed by atoms with Crippen molar-refractivity contribution in [2.45, 2.75) is 30.4 Å². The number of carbonyl (C=O) groups is 2. The number of rotatable bonds is 9. The first-order valence-corrected chi connectivity index (χ1v) is 11.9.